The lowest BCUT2D eigenvalue weighted by Gasteiger charge is -2.17. The van der Waals surface area contributed by atoms with Crippen molar-refractivity contribution in [3.8, 4) is 11.5 Å². The van der Waals surface area contributed by atoms with E-state index in [2.05, 4.69) is 27.7 Å². The molecule has 0 bridgehead atoms. The number of rotatable bonds is 8. The number of nitrogens with zero attached hydrogens (tertiary/aromatic N) is 1. The number of nitrogens with one attached hydrogen (secondary N) is 2. The summed E-state index contributed by atoms with van der Waals surface area (Å²) in [5.41, 5.74) is 1.75. The van der Waals surface area contributed by atoms with Gasteiger partial charge in [-0.05, 0) is 48.4 Å². The largest absolute Gasteiger partial charge is 0.457 e. The summed E-state index contributed by atoms with van der Waals surface area (Å²) in [5.74, 6) is 0.917. The predicted molar refractivity (Wildman–Crippen MR) is 124 cm³/mol. The molecule has 0 spiro atoms. The normalized spacial score (nSPS) is 15.8. The van der Waals surface area contributed by atoms with Gasteiger partial charge in [-0.25, -0.2) is 0 Å². The Labute approximate surface area is 188 Å². The van der Waals surface area contributed by atoms with Crippen LogP contribution in [0.3, 0.4) is 0 Å². The van der Waals surface area contributed by atoms with Crippen molar-refractivity contribution in [1.29, 1.82) is 0 Å². The number of benzene rings is 3. The van der Waals surface area contributed by atoms with E-state index < -0.39 is 0 Å². The number of carbonyl (C=O) groups excluding carboxylic acids is 2. The van der Waals surface area contributed by atoms with E-state index in [-0.39, 0.29) is 24.4 Å². The van der Waals surface area contributed by atoms with Crippen LogP contribution in [0.25, 0.3) is 0 Å². The van der Waals surface area contributed by atoms with Crippen LogP contribution in [0.15, 0.2) is 84.9 Å². The number of ether oxygens (including phenoxy) is 1. The standard InChI is InChI=1S/C26H27N3O3/c30-25(28-22-15-16-29(19-22)18-20-7-3-1-4-8-20)17-27-26(31)21-11-13-24(14-12-21)32-23-9-5-2-6-10-23/h1-14,22H,15-19H2,(H,27,31)(H,28,30)/t22-/m1/s1. The summed E-state index contributed by atoms with van der Waals surface area (Å²) < 4.78 is 5.73. The van der Waals surface area contributed by atoms with Crippen LogP contribution in [-0.4, -0.2) is 42.4 Å². The van der Waals surface area contributed by atoms with Gasteiger partial charge in [-0.2, -0.15) is 0 Å². The number of hydrogen-bond donors (Lipinski definition) is 2. The molecule has 4 rings (SSSR count). The monoisotopic (exact) mass is 429 g/mol. The molecule has 1 fully saturated rings. The quantitative estimate of drug-likeness (QED) is 0.574. The molecular weight excluding hydrogens is 402 g/mol. The van der Waals surface area contributed by atoms with Gasteiger partial charge >= 0.3 is 0 Å². The zero-order chi connectivity index (χ0) is 22.2. The fourth-order valence-electron chi connectivity index (χ4n) is 3.78. The van der Waals surface area contributed by atoms with E-state index in [1.54, 1.807) is 24.3 Å². The summed E-state index contributed by atoms with van der Waals surface area (Å²) >= 11 is 0. The van der Waals surface area contributed by atoms with Crippen LogP contribution in [0.5, 0.6) is 11.5 Å². The van der Waals surface area contributed by atoms with E-state index in [0.29, 0.717) is 11.3 Å². The van der Waals surface area contributed by atoms with Gasteiger partial charge < -0.3 is 15.4 Å². The smallest absolute Gasteiger partial charge is 0.251 e. The van der Waals surface area contributed by atoms with Gasteiger partial charge in [0.25, 0.3) is 5.91 Å². The molecule has 1 aliphatic heterocycles. The van der Waals surface area contributed by atoms with Crippen molar-refractivity contribution in [1.82, 2.24) is 15.5 Å². The van der Waals surface area contributed by atoms with Gasteiger partial charge in [-0.1, -0.05) is 48.5 Å². The van der Waals surface area contributed by atoms with Crippen molar-refractivity contribution in [3.05, 3.63) is 96.1 Å². The summed E-state index contributed by atoms with van der Waals surface area (Å²) in [6.45, 7) is 2.60. The highest BCUT2D eigenvalue weighted by Crippen LogP contribution is 2.21. The Morgan fingerprint density at radius 3 is 2.25 bits per heavy atom. The number of likely N-dealkylation sites (tertiary alicyclic amines) is 1. The molecule has 0 aliphatic carbocycles. The molecule has 32 heavy (non-hydrogen) atoms. The van der Waals surface area contributed by atoms with Crippen molar-refractivity contribution in [2.75, 3.05) is 19.6 Å². The Hall–Kier alpha value is -3.64. The first kappa shape index (κ1) is 21.6. The molecule has 1 aliphatic rings. The zero-order valence-electron chi connectivity index (χ0n) is 17.9. The second kappa shape index (κ2) is 10.6. The van der Waals surface area contributed by atoms with Crippen molar-refractivity contribution < 1.29 is 14.3 Å². The van der Waals surface area contributed by atoms with Gasteiger partial charge in [-0.3, -0.25) is 14.5 Å². The molecule has 6 heteroatoms. The predicted octanol–water partition coefficient (Wildman–Crippen LogP) is 3.60. The Bertz CT molecular complexity index is 1020. The number of para-hydroxylation sites is 1. The molecule has 3 aromatic carbocycles. The Morgan fingerprint density at radius 2 is 1.53 bits per heavy atom. The van der Waals surface area contributed by atoms with Crippen molar-refractivity contribution in [2.45, 2.75) is 19.0 Å². The highest BCUT2D eigenvalue weighted by molar-refractivity contribution is 5.96. The maximum absolute atomic E-state index is 12.4. The van der Waals surface area contributed by atoms with Gasteiger partial charge in [0.2, 0.25) is 5.91 Å². The van der Waals surface area contributed by atoms with Gasteiger partial charge in [0.1, 0.15) is 11.5 Å². The van der Waals surface area contributed by atoms with Crippen LogP contribution in [0.1, 0.15) is 22.3 Å². The molecule has 1 heterocycles. The minimum Gasteiger partial charge on any atom is -0.457 e. The van der Waals surface area contributed by atoms with Crippen LogP contribution in [0.4, 0.5) is 0 Å². The van der Waals surface area contributed by atoms with Crippen LogP contribution in [0.2, 0.25) is 0 Å². The van der Waals surface area contributed by atoms with E-state index >= 15 is 0 Å². The average molecular weight is 430 g/mol. The molecule has 2 N–H and O–H groups in total. The summed E-state index contributed by atoms with van der Waals surface area (Å²) in [7, 11) is 0. The maximum Gasteiger partial charge on any atom is 0.251 e. The SMILES string of the molecule is O=C(CNC(=O)c1ccc(Oc2ccccc2)cc1)N[C@@H]1CCN(Cc2ccccc2)C1. The second-order valence-corrected chi connectivity index (χ2v) is 7.90. The molecule has 0 radical (unpaired) electrons. The first-order valence-electron chi connectivity index (χ1n) is 10.8. The number of amides is 2. The molecule has 0 aromatic heterocycles. The third kappa shape index (κ3) is 6.18. The van der Waals surface area contributed by atoms with Crippen molar-refractivity contribution in [2.24, 2.45) is 0 Å². The van der Waals surface area contributed by atoms with Gasteiger partial charge in [0.15, 0.2) is 0 Å². The molecule has 2 amide bonds. The molecular formula is C26H27N3O3. The minimum absolute atomic E-state index is 0.0454. The third-order valence-electron chi connectivity index (χ3n) is 5.39. The molecule has 6 nitrogen and oxygen atoms in total. The van der Waals surface area contributed by atoms with Crippen LogP contribution in [0, 0.1) is 0 Å². The molecule has 1 atom stereocenters. The summed E-state index contributed by atoms with van der Waals surface area (Å²) in [4.78, 5) is 27.0. The second-order valence-electron chi connectivity index (χ2n) is 7.90. The Balaban J connectivity index is 1.19. The highest BCUT2D eigenvalue weighted by atomic mass is 16.5. The van der Waals surface area contributed by atoms with E-state index in [4.69, 9.17) is 4.74 Å². The lowest BCUT2D eigenvalue weighted by Crippen LogP contribution is -2.43. The van der Waals surface area contributed by atoms with Crippen molar-refractivity contribution in [3.63, 3.8) is 0 Å². The van der Waals surface area contributed by atoms with Gasteiger partial charge in [-0.15, -0.1) is 0 Å². The first-order valence-corrected chi connectivity index (χ1v) is 10.8. The lowest BCUT2D eigenvalue weighted by molar-refractivity contribution is -0.120. The number of hydrogen-bond acceptors (Lipinski definition) is 4. The molecule has 0 saturated carbocycles. The molecule has 164 valence electrons. The maximum atomic E-state index is 12.4. The van der Waals surface area contributed by atoms with E-state index in [1.165, 1.54) is 5.56 Å². The third-order valence-corrected chi connectivity index (χ3v) is 5.39. The average Bonchev–Trinajstić information content (AvgIpc) is 3.26. The molecule has 1 saturated heterocycles. The van der Waals surface area contributed by atoms with Crippen LogP contribution < -0.4 is 15.4 Å². The minimum atomic E-state index is -0.288. The molecule has 0 unspecified atom stereocenters. The van der Waals surface area contributed by atoms with E-state index in [1.807, 2.05) is 48.5 Å². The van der Waals surface area contributed by atoms with Crippen molar-refractivity contribution >= 4 is 11.8 Å². The van der Waals surface area contributed by atoms with E-state index in [9.17, 15) is 9.59 Å². The molecule has 3 aromatic rings. The summed E-state index contributed by atoms with van der Waals surface area (Å²) in [6, 6.07) is 26.7. The fraction of sp³-hybridized carbons (Fsp3) is 0.231. The van der Waals surface area contributed by atoms with Gasteiger partial charge in [0.05, 0.1) is 6.54 Å². The topological polar surface area (TPSA) is 70.7 Å². The first-order chi connectivity index (χ1) is 15.7. The zero-order valence-corrected chi connectivity index (χ0v) is 17.9. The van der Waals surface area contributed by atoms with E-state index in [0.717, 1.165) is 31.8 Å². The Kier molecular flexibility index (Phi) is 7.15. The number of carbonyl (C=O) groups is 2. The van der Waals surface area contributed by atoms with Crippen LogP contribution in [-0.2, 0) is 11.3 Å². The highest BCUT2D eigenvalue weighted by Gasteiger charge is 2.23. The fourth-order valence-corrected chi connectivity index (χ4v) is 3.78. The van der Waals surface area contributed by atoms with Crippen LogP contribution >= 0.6 is 0 Å². The summed E-state index contributed by atoms with van der Waals surface area (Å²) in [6.07, 6.45) is 0.912. The lowest BCUT2D eigenvalue weighted by atomic mass is 10.2. The summed E-state index contributed by atoms with van der Waals surface area (Å²) in [5, 5.41) is 5.71. The van der Waals surface area contributed by atoms with Gasteiger partial charge in [0, 0.05) is 31.2 Å². The Morgan fingerprint density at radius 1 is 0.875 bits per heavy atom.